The molecule has 4 heterocycles. The van der Waals surface area contributed by atoms with Crippen LogP contribution in [0, 0.1) is 37.1 Å². The Morgan fingerprint density at radius 2 is 1.06 bits per heavy atom. The summed E-state index contributed by atoms with van der Waals surface area (Å²) in [6.45, 7) is 3.93. The fourth-order valence-electron chi connectivity index (χ4n) is 8.89. The quantitative estimate of drug-likeness (QED) is 0.0858. The van der Waals surface area contributed by atoms with Crippen LogP contribution in [-0.2, 0) is 26.9 Å². The number of fused-ring (bicyclic) bond motifs is 2. The summed E-state index contributed by atoms with van der Waals surface area (Å²) in [6, 6.07) is 29.9. The minimum Gasteiger partial charge on any atom is -0.496 e. The van der Waals surface area contributed by atoms with Crippen molar-refractivity contribution in [1.29, 1.82) is 0 Å². The van der Waals surface area contributed by atoms with Gasteiger partial charge in [-0.05, 0) is 107 Å². The number of rotatable bonds is 12. The van der Waals surface area contributed by atoms with E-state index in [9.17, 15) is 18.4 Å². The van der Waals surface area contributed by atoms with Crippen LogP contribution >= 0.6 is 0 Å². The third kappa shape index (κ3) is 9.29. The van der Waals surface area contributed by atoms with Gasteiger partial charge in [-0.1, -0.05) is 60.7 Å². The van der Waals surface area contributed by atoms with Crippen LogP contribution in [0.2, 0.25) is 0 Å². The SMILES string of the molecule is COc1cccc(F)c1-c1nccc(C(=O)Cc2cc(F)c3c(cnn3C)c2-c2ccccc2C)n1.COc1cccc(F)c1-c1nccc(C(=O)Cc2cc(F)c3nn(C)cc3c2-c2ccccc2C)n1. The first-order valence-corrected chi connectivity index (χ1v) is 22.5. The molecule has 0 aliphatic heterocycles. The Bertz CT molecular complexity index is 3570. The zero-order valence-corrected chi connectivity index (χ0v) is 39.8. The van der Waals surface area contributed by atoms with E-state index in [0.29, 0.717) is 27.4 Å². The molecule has 0 aliphatic rings. The topological polar surface area (TPSA) is 140 Å². The molecule has 0 aliphatic carbocycles. The number of ketones is 2. The van der Waals surface area contributed by atoms with E-state index < -0.39 is 23.3 Å². The number of ether oxygens (including phenoxy) is 2. The lowest BCUT2D eigenvalue weighted by molar-refractivity contribution is 0.0980. The first-order valence-electron chi connectivity index (χ1n) is 22.5. The van der Waals surface area contributed by atoms with E-state index in [1.54, 1.807) is 43.3 Å². The van der Waals surface area contributed by atoms with Crippen molar-refractivity contribution >= 4 is 33.4 Å². The molecule has 0 fully saturated rings. The summed E-state index contributed by atoms with van der Waals surface area (Å²) in [5.41, 5.74) is 7.17. The van der Waals surface area contributed by atoms with Crippen molar-refractivity contribution in [2.75, 3.05) is 14.2 Å². The first kappa shape index (κ1) is 48.1. The number of hydrogen-bond donors (Lipinski definition) is 0. The molecule has 72 heavy (non-hydrogen) atoms. The van der Waals surface area contributed by atoms with Crippen molar-refractivity contribution in [3.05, 3.63) is 191 Å². The fourth-order valence-corrected chi connectivity index (χ4v) is 8.89. The Labute approximate surface area is 410 Å². The van der Waals surface area contributed by atoms with Gasteiger partial charge in [-0.25, -0.2) is 37.5 Å². The number of carbonyl (C=O) groups excluding carboxylic acids is 2. The van der Waals surface area contributed by atoms with Crippen molar-refractivity contribution in [2.24, 2.45) is 14.1 Å². The number of benzene rings is 6. The third-order valence-corrected chi connectivity index (χ3v) is 12.3. The van der Waals surface area contributed by atoms with Gasteiger partial charge >= 0.3 is 0 Å². The molecule has 12 nitrogen and oxygen atoms in total. The number of aromatic nitrogens is 8. The Hall–Kier alpha value is -8.92. The molecule has 0 amide bonds. The minimum absolute atomic E-state index is 0.0313. The van der Waals surface area contributed by atoms with Crippen molar-refractivity contribution in [3.8, 4) is 56.5 Å². The van der Waals surface area contributed by atoms with Crippen LogP contribution in [0.25, 0.3) is 66.8 Å². The van der Waals surface area contributed by atoms with E-state index in [0.717, 1.165) is 33.4 Å². The van der Waals surface area contributed by atoms with E-state index in [1.165, 1.54) is 79.8 Å². The Morgan fingerprint density at radius 1 is 0.569 bits per heavy atom. The molecular formula is C56H44F4N8O4. The maximum atomic E-state index is 15.1. The monoisotopic (exact) mass is 968 g/mol. The van der Waals surface area contributed by atoms with Crippen LogP contribution in [0.3, 0.4) is 0 Å². The number of Topliss-reactive ketones (excluding diaryl/α,β-unsaturated/α-hetero) is 2. The lowest BCUT2D eigenvalue weighted by atomic mass is 9.90. The number of aryl methyl sites for hydroxylation is 4. The molecule has 0 N–H and O–H groups in total. The highest BCUT2D eigenvalue weighted by molar-refractivity contribution is 6.03. The third-order valence-electron chi connectivity index (χ3n) is 12.3. The summed E-state index contributed by atoms with van der Waals surface area (Å²) in [5, 5.41) is 9.75. The van der Waals surface area contributed by atoms with Gasteiger partial charge < -0.3 is 9.47 Å². The maximum absolute atomic E-state index is 15.1. The van der Waals surface area contributed by atoms with E-state index >= 15 is 8.78 Å². The Kier molecular flexibility index (Phi) is 13.5. The molecule has 10 aromatic rings. The molecule has 6 aromatic carbocycles. The van der Waals surface area contributed by atoms with Crippen LogP contribution in [0.4, 0.5) is 17.6 Å². The molecule has 0 unspecified atom stereocenters. The van der Waals surface area contributed by atoms with Crippen LogP contribution in [0.15, 0.2) is 134 Å². The molecule has 0 radical (unpaired) electrons. The molecule has 360 valence electrons. The molecule has 10 rings (SSSR count). The molecule has 0 atom stereocenters. The van der Waals surface area contributed by atoms with Gasteiger partial charge in [0.2, 0.25) is 0 Å². The fraction of sp³-hybridized carbons (Fsp3) is 0.143. The van der Waals surface area contributed by atoms with Gasteiger partial charge in [0.15, 0.2) is 29.0 Å². The predicted octanol–water partition coefficient (Wildman–Crippen LogP) is 11.4. The highest BCUT2D eigenvalue weighted by Gasteiger charge is 2.25. The van der Waals surface area contributed by atoms with Gasteiger partial charge in [0, 0.05) is 56.3 Å². The summed E-state index contributed by atoms with van der Waals surface area (Å²) in [4.78, 5) is 43.7. The second-order valence-corrected chi connectivity index (χ2v) is 16.9. The summed E-state index contributed by atoms with van der Waals surface area (Å²) in [5.74, 6) is -2.24. The van der Waals surface area contributed by atoms with Crippen molar-refractivity contribution in [1.82, 2.24) is 39.5 Å². The molecule has 16 heteroatoms. The van der Waals surface area contributed by atoms with Gasteiger partial charge in [-0.2, -0.15) is 10.2 Å². The molecule has 0 bridgehead atoms. The number of hydrogen-bond acceptors (Lipinski definition) is 10. The van der Waals surface area contributed by atoms with E-state index in [-0.39, 0.29) is 75.6 Å². The Balaban J connectivity index is 0.000000178. The summed E-state index contributed by atoms with van der Waals surface area (Å²) >= 11 is 0. The van der Waals surface area contributed by atoms with Gasteiger partial charge in [0.05, 0.1) is 31.5 Å². The van der Waals surface area contributed by atoms with E-state index in [1.807, 2.05) is 62.4 Å². The maximum Gasteiger partial charge on any atom is 0.185 e. The van der Waals surface area contributed by atoms with Gasteiger partial charge in [0.1, 0.15) is 51.4 Å². The second-order valence-electron chi connectivity index (χ2n) is 16.9. The largest absolute Gasteiger partial charge is 0.496 e. The van der Waals surface area contributed by atoms with E-state index in [2.05, 4.69) is 30.1 Å². The summed E-state index contributed by atoms with van der Waals surface area (Å²) in [6.07, 6.45) is 5.93. The summed E-state index contributed by atoms with van der Waals surface area (Å²) < 4.78 is 72.9. The highest BCUT2D eigenvalue weighted by atomic mass is 19.1. The van der Waals surface area contributed by atoms with Crippen LogP contribution < -0.4 is 9.47 Å². The van der Waals surface area contributed by atoms with E-state index in [4.69, 9.17) is 9.47 Å². The van der Waals surface area contributed by atoms with Crippen LogP contribution in [-0.4, -0.2) is 65.3 Å². The van der Waals surface area contributed by atoms with Crippen molar-refractivity contribution in [3.63, 3.8) is 0 Å². The molecular weight excluding hydrogens is 925 g/mol. The van der Waals surface area contributed by atoms with Gasteiger partial charge in [0.25, 0.3) is 0 Å². The second kappa shape index (κ2) is 20.2. The number of carbonyl (C=O) groups is 2. The molecule has 0 saturated heterocycles. The first-order chi connectivity index (χ1) is 34.8. The number of methoxy groups -OCH3 is 2. The molecule has 0 spiro atoms. The highest BCUT2D eigenvalue weighted by Crippen LogP contribution is 2.39. The lowest BCUT2D eigenvalue weighted by Crippen LogP contribution is -2.10. The Morgan fingerprint density at radius 3 is 1.56 bits per heavy atom. The molecule has 4 aromatic heterocycles. The minimum atomic E-state index is -0.565. The zero-order valence-electron chi connectivity index (χ0n) is 39.8. The number of halogens is 4. The average Bonchev–Trinajstić information content (AvgIpc) is 3.97. The normalized spacial score (nSPS) is 11.1. The van der Waals surface area contributed by atoms with Crippen molar-refractivity contribution in [2.45, 2.75) is 26.7 Å². The predicted molar refractivity (Wildman–Crippen MR) is 266 cm³/mol. The van der Waals surface area contributed by atoms with Gasteiger partial charge in [-0.15, -0.1) is 0 Å². The zero-order chi connectivity index (χ0) is 50.8. The molecule has 0 saturated carbocycles. The lowest BCUT2D eigenvalue weighted by Gasteiger charge is -2.14. The summed E-state index contributed by atoms with van der Waals surface area (Å²) in [7, 11) is 6.25. The van der Waals surface area contributed by atoms with Crippen LogP contribution in [0.5, 0.6) is 11.5 Å². The standard InChI is InChI=1S/2C28H22F2N4O2/c1-16-7-4-5-8-18(16)25-17(13-21(30)27-19(25)15-34(2)33-27)14-23(35)22-11-12-31-28(32-22)26-20(29)9-6-10-24(26)36-3;1-16-7-4-5-8-18(16)25-17(13-21(30)27-19(25)15-32-34(27)2)14-23(35)22-11-12-31-28(33-22)26-20(29)9-6-10-24(26)36-3/h2*4-13,15H,14H2,1-3H3. The van der Waals surface area contributed by atoms with Crippen molar-refractivity contribution < 1.29 is 36.6 Å². The van der Waals surface area contributed by atoms with Gasteiger partial charge in [-0.3, -0.25) is 19.0 Å². The average molecular weight is 969 g/mol. The smallest absolute Gasteiger partial charge is 0.185 e. The van der Waals surface area contributed by atoms with Crippen LogP contribution in [0.1, 0.15) is 43.2 Å². The number of nitrogens with zero attached hydrogens (tertiary/aromatic N) is 8.